The van der Waals surface area contributed by atoms with Gasteiger partial charge in [-0.3, -0.25) is 9.69 Å². The van der Waals surface area contributed by atoms with E-state index in [2.05, 4.69) is 40.1 Å². The SMILES string of the molecule is O=C(CC1CCN(Cc2ccccc2)CC1)N1CCCC2(CCOC2)C1. The molecular formula is C22H32N2O2. The molecule has 3 aliphatic rings. The Morgan fingerprint density at radius 2 is 1.92 bits per heavy atom. The summed E-state index contributed by atoms with van der Waals surface area (Å²) in [5.74, 6) is 0.949. The molecule has 3 saturated heterocycles. The number of rotatable bonds is 4. The van der Waals surface area contributed by atoms with Gasteiger partial charge >= 0.3 is 0 Å². The van der Waals surface area contributed by atoms with Crippen molar-refractivity contribution in [1.82, 2.24) is 9.80 Å². The van der Waals surface area contributed by atoms with E-state index >= 15 is 0 Å². The number of carbonyl (C=O) groups excluding carboxylic acids is 1. The van der Waals surface area contributed by atoms with Crippen LogP contribution in [0.2, 0.25) is 0 Å². The summed E-state index contributed by atoms with van der Waals surface area (Å²) in [5.41, 5.74) is 1.66. The molecule has 0 radical (unpaired) electrons. The fourth-order valence-electron chi connectivity index (χ4n) is 4.96. The maximum Gasteiger partial charge on any atom is 0.222 e. The lowest BCUT2D eigenvalue weighted by molar-refractivity contribution is -0.136. The van der Waals surface area contributed by atoms with E-state index in [4.69, 9.17) is 4.74 Å². The van der Waals surface area contributed by atoms with Gasteiger partial charge in [0.25, 0.3) is 0 Å². The Labute approximate surface area is 157 Å². The molecule has 0 N–H and O–H groups in total. The van der Waals surface area contributed by atoms with E-state index in [-0.39, 0.29) is 5.41 Å². The minimum Gasteiger partial charge on any atom is -0.381 e. The lowest BCUT2D eigenvalue weighted by Crippen LogP contribution is -2.47. The zero-order chi connectivity index (χ0) is 17.8. The van der Waals surface area contributed by atoms with Crippen molar-refractivity contribution in [3.63, 3.8) is 0 Å². The van der Waals surface area contributed by atoms with Gasteiger partial charge in [0.2, 0.25) is 5.91 Å². The Balaban J connectivity index is 1.23. The van der Waals surface area contributed by atoms with Gasteiger partial charge in [-0.2, -0.15) is 0 Å². The third-order valence-electron chi connectivity index (χ3n) is 6.62. The third kappa shape index (κ3) is 4.29. The first-order valence-electron chi connectivity index (χ1n) is 10.3. The van der Waals surface area contributed by atoms with Crippen molar-refractivity contribution >= 4 is 5.91 Å². The van der Waals surface area contributed by atoms with Crippen molar-refractivity contribution in [3.8, 4) is 0 Å². The number of carbonyl (C=O) groups is 1. The molecule has 4 nitrogen and oxygen atoms in total. The Kier molecular flexibility index (Phi) is 5.60. The fourth-order valence-corrected chi connectivity index (χ4v) is 4.96. The van der Waals surface area contributed by atoms with E-state index in [0.29, 0.717) is 11.8 Å². The summed E-state index contributed by atoms with van der Waals surface area (Å²) in [6, 6.07) is 10.7. The molecule has 3 fully saturated rings. The van der Waals surface area contributed by atoms with E-state index in [1.54, 1.807) is 0 Å². The van der Waals surface area contributed by atoms with Gasteiger partial charge in [-0.25, -0.2) is 0 Å². The second-order valence-electron chi connectivity index (χ2n) is 8.63. The number of amides is 1. The molecule has 1 amide bonds. The van der Waals surface area contributed by atoms with Gasteiger partial charge in [-0.05, 0) is 56.7 Å². The van der Waals surface area contributed by atoms with Gasteiger partial charge in [0.1, 0.15) is 0 Å². The average Bonchev–Trinajstić information content (AvgIpc) is 3.12. The van der Waals surface area contributed by atoms with Crippen LogP contribution in [-0.2, 0) is 16.1 Å². The standard InChI is InChI=1S/C22H32N2O2/c25-21(24-11-4-9-22(17-24)10-14-26-18-22)15-19-7-12-23(13-8-19)16-20-5-2-1-3-6-20/h1-3,5-6,19H,4,7-18H2. The average molecular weight is 357 g/mol. The van der Waals surface area contributed by atoms with Gasteiger partial charge < -0.3 is 9.64 Å². The highest BCUT2D eigenvalue weighted by Crippen LogP contribution is 2.38. The minimum atomic E-state index is 0.271. The van der Waals surface area contributed by atoms with Crippen LogP contribution in [-0.4, -0.2) is 55.1 Å². The van der Waals surface area contributed by atoms with E-state index in [9.17, 15) is 4.79 Å². The number of piperidine rings is 2. The molecule has 4 rings (SSSR count). The van der Waals surface area contributed by atoms with Gasteiger partial charge in [-0.1, -0.05) is 30.3 Å². The smallest absolute Gasteiger partial charge is 0.222 e. The fraction of sp³-hybridized carbons (Fsp3) is 0.682. The molecule has 1 spiro atoms. The highest BCUT2D eigenvalue weighted by atomic mass is 16.5. The van der Waals surface area contributed by atoms with Crippen LogP contribution in [0.15, 0.2) is 30.3 Å². The topological polar surface area (TPSA) is 32.8 Å². The second-order valence-corrected chi connectivity index (χ2v) is 8.63. The van der Waals surface area contributed by atoms with Crippen LogP contribution in [0.3, 0.4) is 0 Å². The molecule has 26 heavy (non-hydrogen) atoms. The molecule has 142 valence electrons. The molecule has 1 atom stereocenters. The molecule has 0 aromatic heterocycles. The molecule has 0 bridgehead atoms. The lowest BCUT2D eigenvalue weighted by atomic mass is 9.79. The zero-order valence-electron chi connectivity index (χ0n) is 15.9. The van der Waals surface area contributed by atoms with Gasteiger partial charge in [0, 0.05) is 38.1 Å². The second kappa shape index (κ2) is 8.10. The van der Waals surface area contributed by atoms with Gasteiger partial charge in [0.15, 0.2) is 0 Å². The normalized spacial score (nSPS) is 27.9. The van der Waals surface area contributed by atoms with E-state index < -0.39 is 0 Å². The van der Waals surface area contributed by atoms with Crippen molar-refractivity contribution in [2.24, 2.45) is 11.3 Å². The monoisotopic (exact) mass is 356 g/mol. The van der Waals surface area contributed by atoms with E-state index in [1.807, 2.05) is 0 Å². The summed E-state index contributed by atoms with van der Waals surface area (Å²) in [5, 5.41) is 0. The van der Waals surface area contributed by atoms with Crippen molar-refractivity contribution in [2.75, 3.05) is 39.4 Å². The Bertz CT molecular complexity index is 589. The van der Waals surface area contributed by atoms with Crippen LogP contribution in [0.25, 0.3) is 0 Å². The van der Waals surface area contributed by atoms with E-state index in [1.165, 1.54) is 12.0 Å². The molecule has 1 unspecified atom stereocenters. The molecule has 3 aliphatic heterocycles. The summed E-state index contributed by atoms with van der Waals surface area (Å²) in [4.78, 5) is 17.5. The molecule has 0 saturated carbocycles. The largest absolute Gasteiger partial charge is 0.381 e. The van der Waals surface area contributed by atoms with Crippen LogP contribution in [0.1, 0.15) is 44.1 Å². The van der Waals surface area contributed by atoms with Gasteiger partial charge in [0.05, 0.1) is 6.61 Å². The summed E-state index contributed by atoms with van der Waals surface area (Å²) in [6.07, 6.45) is 6.56. The van der Waals surface area contributed by atoms with Crippen molar-refractivity contribution < 1.29 is 9.53 Å². The number of nitrogens with zero attached hydrogens (tertiary/aromatic N) is 2. The first-order chi connectivity index (χ1) is 12.7. The number of benzene rings is 1. The van der Waals surface area contributed by atoms with Crippen molar-refractivity contribution in [3.05, 3.63) is 35.9 Å². The molecule has 4 heteroatoms. The molecule has 3 heterocycles. The highest BCUT2D eigenvalue weighted by Gasteiger charge is 2.40. The predicted octanol–water partition coefficient (Wildman–Crippen LogP) is 3.32. The number of hydrogen-bond donors (Lipinski definition) is 0. The lowest BCUT2D eigenvalue weighted by Gasteiger charge is -2.40. The molecule has 1 aromatic carbocycles. The number of ether oxygens (including phenoxy) is 1. The summed E-state index contributed by atoms with van der Waals surface area (Å²) in [6.45, 7) is 6.88. The predicted molar refractivity (Wildman–Crippen MR) is 103 cm³/mol. The van der Waals surface area contributed by atoms with Crippen molar-refractivity contribution in [1.29, 1.82) is 0 Å². The Morgan fingerprint density at radius 1 is 1.12 bits per heavy atom. The summed E-state index contributed by atoms with van der Waals surface area (Å²) >= 11 is 0. The summed E-state index contributed by atoms with van der Waals surface area (Å²) < 4.78 is 5.63. The summed E-state index contributed by atoms with van der Waals surface area (Å²) in [7, 11) is 0. The van der Waals surface area contributed by atoms with Crippen LogP contribution in [0.5, 0.6) is 0 Å². The van der Waals surface area contributed by atoms with Crippen LogP contribution < -0.4 is 0 Å². The number of likely N-dealkylation sites (tertiary alicyclic amines) is 2. The quantitative estimate of drug-likeness (QED) is 0.830. The minimum absolute atomic E-state index is 0.271. The van der Waals surface area contributed by atoms with Crippen LogP contribution in [0, 0.1) is 11.3 Å². The van der Waals surface area contributed by atoms with Crippen LogP contribution >= 0.6 is 0 Å². The van der Waals surface area contributed by atoms with E-state index in [0.717, 1.165) is 78.0 Å². The van der Waals surface area contributed by atoms with Crippen LogP contribution in [0.4, 0.5) is 0 Å². The van der Waals surface area contributed by atoms with Gasteiger partial charge in [-0.15, -0.1) is 0 Å². The first-order valence-corrected chi connectivity index (χ1v) is 10.3. The zero-order valence-corrected chi connectivity index (χ0v) is 15.9. The molecule has 1 aromatic rings. The Hall–Kier alpha value is -1.39. The number of hydrogen-bond acceptors (Lipinski definition) is 3. The van der Waals surface area contributed by atoms with Crippen molar-refractivity contribution in [2.45, 2.75) is 45.1 Å². The first kappa shape index (κ1) is 18.0. The maximum atomic E-state index is 12.9. The third-order valence-corrected chi connectivity index (χ3v) is 6.62. The molecular weight excluding hydrogens is 324 g/mol. The molecule has 0 aliphatic carbocycles. The highest BCUT2D eigenvalue weighted by molar-refractivity contribution is 5.76. The Morgan fingerprint density at radius 3 is 2.65 bits per heavy atom. The maximum absolute atomic E-state index is 12.9.